The first-order chi connectivity index (χ1) is 20.3. The summed E-state index contributed by atoms with van der Waals surface area (Å²) in [5, 5.41) is 33.7. The molecule has 0 saturated carbocycles. The highest BCUT2D eigenvalue weighted by Gasteiger charge is 2.15. The van der Waals surface area contributed by atoms with Crippen molar-refractivity contribution in [1.29, 1.82) is 10.8 Å². The van der Waals surface area contributed by atoms with Crippen LogP contribution in [0.5, 0.6) is 0 Å². The van der Waals surface area contributed by atoms with Crippen molar-refractivity contribution in [2.24, 2.45) is 14.1 Å². The number of para-hydroxylation sites is 2. The summed E-state index contributed by atoms with van der Waals surface area (Å²) >= 11 is 2.32. The van der Waals surface area contributed by atoms with Gasteiger partial charge in [0.2, 0.25) is 16.9 Å². The third kappa shape index (κ3) is 7.12. The summed E-state index contributed by atoms with van der Waals surface area (Å²) in [6.07, 6.45) is 7.07. The highest BCUT2D eigenvalue weighted by atomic mass is 32.2. The lowest BCUT2D eigenvalue weighted by Gasteiger charge is -2.07. The fourth-order valence-electron chi connectivity index (χ4n) is 4.98. The van der Waals surface area contributed by atoms with E-state index in [-0.39, 0.29) is 29.8 Å². The minimum Gasteiger partial charge on any atom is -0.350 e. The fraction of sp³-hybridized carbons (Fsp3) is 0.267. The number of rotatable bonds is 10. The molecule has 2 amide bonds. The quantitative estimate of drug-likeness (QED) is 0.0962. The molecule has 0 aliphatic rings. The zero-order chi connectivity index (χ0) is 29.6. The zero-order valence-corrected chi connectivity index (χ0v) is 25.1. The monoisotopic (exact) mass is 600 g/mol. The molecular weight excluding hydrogens is 569 g/mol. The molecular formula is C30H32N8O2S2. The number of thioether (sulfide) groups is 1. The predicted octanol–water partition coefficient (Wildman–Crippen LogP) is 5.42. The normalized spacial score (nSPS) is 11.2. The highest BCUT2D eigenvalue weighted by Crippen LogP contribution is 2.23. The van der Waals surface area contributed by atoms with E-state index in [0.717, 1.165) is 62.5 Å². The van der Waals surface area contributed by atoms with Crippen LogP contribution in [0.25, 0.3) is 21.8 Å². The first-order valence-electron chi connectivity index (χ1n) is 13.6. The Balaban J connectivity index is 1.00. The van der Waals surface area contributed by atoms with Crippen molar-refractivity contribution in [1.82, 2.24) is 24.6 Å². The lowest BCUT2D eigenvalue weighted by atomic mass is 10.1. The molecule has 5 rings (SSSR count). The molecule has 12 heteroatoms. The molecule has 10 nitrogen and oxygen atoms in total. The van der Waals surface area contributed by atoms with Gasteiger partial charge < -0.3 is 19.8 Å². The van der Waals surface area contributed by atoms with Crippen LogP contribution >= 0.6 is 23.1 Å². The molecule has 3 heterocycles. The van der Waals surface area contributed by atoms with Crippen LogP contribution in [-0.4, -0.2) is 41.4 Å². The third-order valence-corrected chi connectivity index (χ3v) is 8.55. The number of anilines is 1. The number of carbonyl (C=O) groups excluding carboxylic acids is 2. The minimum atomic E-state index is -0.270. The SMILES string of the molecule is Cn1cc(CC(=O)NC(=N)SC(=N)CCCCc2nnc(NC(=O)Cc3cn(C)c4ccccc34)s2)c2ccccc21. The van der Waals surface area contributed by atoms with Gasteiger partial charge in [-0.05, 0) is 54.3 Å². The van der Waals surface area contributed by atoms with E-state index in [1.807, 2.05) is 84.2 Å². The van der Waals surface area contributed by atoms with Crippen molar-refractivity contribution in [3.8, 4) is 0 Å². The Labute approximate surface area is 251 Å². The second kappa shape index (κ2) is 13.1. The van der Waals surface area contributed by atoms with Crippen molar-refractivity contribution in [3.63, 3.8) is 0 Å². The maximum Gasteiger partial charge on any atom is 0.230 e. The number of hydrogen-bond acceptors (Lipinski definition) is 8. The number of hydrogen-bond donors (Lipinski definition) is 4. The van der Waals surface area contributed by atoms with E-state index in [0.29, 0.717) is 23.0 Å². The number of nitrogens with zero attached hydrogens (tertiary/aromatic N) is 4. The Kier molecular flexibility index (Phi) is 9.13. The molecule has 5 aromatic rings. The summed E-state index contributed by atoms with van der Waals surface area (Å²) in [4.78, 5) is 25.1. The first kappa shape index (κ1) is 29.2. The van der Waals surface area contributed by atoms with Crippen LogP contribution in [0.2, 0.25) is 0 Å². The van der Waals surface area contributed by atoms with E-state index in [1.165, 1.54) is 11.3 Å². The van der Waals surface area contributed by atoms with Gasteiger partial charge in [0.05, 0.1) is 17.9 Å². The number of benzene rings is 2. The van der Waals surface area contributed by atoms with E-state index in [1.54, 1.807) is 0 Å². The number of amidine groups is 1. The lowest BCUT2D eigenvalue weighted by Crippen LogP contribution is -2.29. The summed E-state index contributed by atoms with van der Waals surface area (Å²) in [5.41, 5.74) is 4.01. The summed E-state index contributed by atoms with van der Waals surface area (Å²) in [6.45, 7) is 0. The second-order valence-electron chi connectivity index (χ2n) is 10.1. The average Bonchev–Trinajstić information content (AvgIpc) is 3.63. The van der Waals surface area contributed by atoms with E-state index in [2.05, 4.69) is 20.8 Å². The van der Waals surface area contributed by atoms with Crippen molar-refractivity contribution in [2.45, 2.75) is 38.5 Å². The fourth-order valence-corrected chi connectivity index (χ4v) is 6.44. The van der Waals surface area contributed by atoms with E-state index < -0.39 is 0 Å². The molecule has 0 aliphatic heterocycles. The average molecular weight is 601 g/mol. The van der Waals surface area contributed by atoms with Crippen molar-refractivity contribution < 1.29 is 9.59 Å². The van der Waals surface area contributed by atoms with Gasteiger partial charge in [0.15, 0.2) is 5.17 Å². The molecule has 42 heavy (non-hydrogen) atoms. The molecule has 0 atom stereocenters. The van der Waals surface area contributed by atoms with Gasteiger partial charge in [-0.25, -0.2) is 0 Å². The van der Waals surface area contributed by atoms with Gasteiger partial charge in [-0.15, -0.1) is 10.2 Å². The summed E-state index contributed by atoms with van der Waals surface area (Å²) in [6, 6.07) is 15.9. The molecule has 4 N–H and O–H groups in total. The molecule has 2 aromatic carbocycles. The molecule has 0 spiro atoms. The summed E-state index contributed by atoms with van der Waals surface area (Å²) < 4.78 is 4.01. The number of aryl methyl sites for hydroxylation is 3. The van der Waals surface area contributed by atoms with Gasteiger partial charge in [-0.1, -0.05) is 47.7 Å². The summed E-state index contributed by atoms with van der Waals surface area (Å²) in [7, 11) is 3.91. The molecule has 0 radical (unpaired) electrons. The largest absolute Gasteiger partial charge is 0.350 e. The van der Waals surface area contributed by atoms with Gasteiger partial charge in [-0.3, -0.25) is 20.4 Å². The topological polar surface area (TPSA) is 142 Å². The van der Waals surface area contributed by atoms with Gasteiger partial charge in [0.25, 0.3) is 0 Å². The van der Waals surface area contributed by atoms with E-state index >= 15 is 0 Å². The smallest absolute Gasteiger partial charge is 0.230 e. The Hall–Kier alpha value is -4.29. The van der Waals surface area contributed by atoms with Crippen molar-refractivity contribution in [2.75, 3.05) is 5.32 Å². The van der Waals surface area contributed by atoms with Gasteiger partial charge >= 0.3 is 0 Å². The van der Waals surface area contributed by atoms with Gasteiger partial charge in [-0.2, -0.15) is 0 Å². The second-order valence-corrected chi connectivity index (χ2v) is 12.2. The van der Waals surface area contributed by atoms with Crippen molar-refractivity contribution >= 4 is 72.1 Å². The molecule has 0 aliphatic carbocycles. The Bertz CT molecular complexity index is 1780. The first-order valence-corrected chi connectivity index (χ1v) is 15.2. The highest BCUT2D eigenvalue weighted by molar-refractivity contribution is 8.26. The molecule has 3 aromatic heterocycles. The number of amides is 2. The lowest BCUT2D eigenvalue weighted by molar-refractivity contribution is -0.119. The number of fused-ring (bicyclic) bond motifs is 2. The molecule has 0 unspecified atom stereocenters. The van der Waals surface area contributed by atoms with Crippen LogP contribution in [-0.2, 0) is 42.9 Å². The van der Waals surface area contributed by atoms with Crippen LogP contribution in [0.1, 0.15) is 35.4 Å². The van der Waals surface area contributed by atoms with Gasteiger partial charge in [0, 0.05) is 54.7 Å². The molecule has 0 bridgehead atoms. The summed E-state index contributed by atoms with van der Waals surface area (Å²) in [5.74, 6) is -0.404. The van der Waals surface area contributed by atoms with Crippen molar-refractivity contribution in [3.05, 3.63) is 77.1 Å². The third-order valence-electron chi connectivity index (χ3n) is 6.90. The minimum absolute atomic E-state index is 0.0433. The predicted molar refractivity (Wildman–Crippen MR) is 171 cm³/mol. The van der Waals surface area contributed by atoms with Gasteiger partial charge in [0.1, 0.15) is 5.01 Å². The number of nitrogens with one attached hydrogen (secondary N) is 4. The maximum absolute atomic E-state index is 12.6. The Morgan fingerprint density at radius 3 is 2.10 bits per heavy atom. The van der Waals surface area contributed by atoms with Crippen LogP contribution in [0.4, 0.5) is 5.13 Å². The standard InChI is InChI=1S/C30H32N8O2S2/c1-37-17-19(21-9-3-5-11-23(21)37)15-26(39)33-29(32)41-25(31)13-7-8-14-28-35-36-30(42-28)34-27(40)16-20-18-38(2)24-12-6-4-10-22(20)24/h3-6,9-12,17-18,31H,7-8,13-16H2,1-2H3,(H2,32,33,39)(H,34,36,40). The van der Waals surface area contributed by atoms with Crippen LogP contribution in [0, 0.1) is 10.8 Å². The van der Waals surface area contributed by atoms with Crippen LogP contribution in [0.15, 0.2) is 60.9 Å². The molecule has 0 fully saturated rings. The molecule has 0 saturated heterocycles. The maximum atomic E-state index is 12.6. The zero-order valence-electron chi connectivity index (χ0n) is 23.4. The number of carbonyl (C=O) groups is 2. The number of aromatic nitrogens is 4. The Morgan fingerprint density at radius 2 is 1.45 bits per heavy atom. The molecule has 216 valence electrons. The van der Waals surface area contributed by atoms with E-state index in [9.17, 15) is 9.59 Å². The van der Waals surface area contributed by atoms with Crippen LogP contribution in [0.3, 0.4) is 0 Å². The van der Waals surface area contributed by atoms with Crippen LogP contribution < -0.4 is 10.6 Å². The number of unbranched alkanes of at least 4 members (excludes halogenated alkanes) is 1. The van der Waals surface area contributed by atoms with E-state index in [4.69, 9.17) is 10.8 Å². The Morgan fingerprint density at radius 1 is 0.857 bits per heavy atom.